The van der Waals surface area contributed by atoms with Crippen molar-refractivity contribution in [1.29, 1.82) is 0 Å². The molecule has 0 saturated heterocycles. The molecule has 0 aliphatic rings. The van der Waals surface area contributed by atoms with Gasteiger partial charge in [-0.2, -0.15) is 0 Å². The number of hydrogen-bond acceptors (Lipinski definition) is 7. The number of H-pyrrole nitrogens is 1. The molecular formula is C28H24FN5O3. The van der Waals surface area contributed by atoms with Gasteiger partial charge >= 0.3 is 0 Å². The first-order chi connectivity index (χ1) is 17.7. The first kappa shape index (κ1) is 23.1. The number of aromatic nitrogens is 5. The second-order valence-corrected chi connectivity index (χ2v) is 9.62. The SMILES string of the molecule is COc1cc2c(cc1-c1c(C)noc1C)[nH]c1nc(C(C)(C)O)nc(-c3ccnc4ccc(F)cc34)c12. The minimum Gasteiger partial charge on any atom is -0.496 e. The molecular weight excluding hydrogens is 473 g/mol. The van der Waals surface area contributed by atoms with Gasteiger partial charge in [0, 0.05) is 33.6 Å². The Labute approximate surface area is 211 Å². The van der Waals surface area contributed by atoms with Gasteiger partial charge in [0.25, 0.3) is 0 Å². The van der Waals surface area contributed by atoms with Gasteiger partial charge in [0.05, 0.1) is 35.0 Å². The lowest BCUT2D eigenvalue weighted by Gasteiger charge is -2.17. The average molecular weight is 498 g/mol. The van der Waals surface area contributed by atoms with Crippen LogP contribution in [-0.4, -0.2) is 37.3 Å². The lowest BCUT2D eigenvalue weighted by atomic mass is 9.98. The molecule has 6 rings (SSSR count). The molecule has 2 aromatic carbocycles. The highest BCUT2D eigenvalue weighted by molar-refractivity contribution is 6.15. The van der Waals surface area contributed by atoms with E-state index in [1.165, 1.54) is 12.1 Å². The molecule has 0 aliphatic carbocycles. The number of nitrogens with one attached hydrogen (secondary N) is 1. The number of fused-ring (bicyclic) bond motifs is 4. The van der Waals surface area contributed by atoms with Crippen molar-refractivity contribution >= 4 is 32.8 Å². The maximum atomic E-state index is 14.3. The summed E-state index contributed by atoms with van der Waals surface area (Å²) in [6.45, 7) is 7.00. The Morgan fingerprint density at radius 3 is 2.54 bits per heavy atom. The Morgan fingerprint density at radius 2 is 1.84 bits per heavy atom. The number of nitrogens with zero attached hydrogens (tertiary/aromatic N) is 4. The minimum atomic E-state index is -1.31. The summed E-state index contributed by atoms with van der Waals surface area (Å²) in [4.78, 5) is 17.3. The summed E-state index contributed by atoms with van der Waals surface area (Å²) in [6.07, 6.45) is 1.66. The first-order valence-corrected chi connectivity index (χ1v) is 11.8. The van der Waals surface area contributed by atoms with Gasteiger partial charge in [-0.25, -0.2) is 14.4 Å². The number of aliphatic hydroxyl groups is 1. The molecule has 0 atom stereocenters. The summed E-state index contributed by atoms with van der Waals surface area (Å²) in [5, 5.41) is 17.1. The fourth-order valence-corrected chi connectivity index (χ4v) is 4.85. The van der Waals surface area contributed by atoms with Crippen LogP contribution in [0.2, 0.25) is 0 Å². The highest BCUT2D eigenvalue weighted by Crippen LogP contribution is 2.42. The summed E-state index contributed by atoms with van der Waals surface area (Å²) in [5.41, 5.74) is 4.32. The van der Waals surface area contributed by atoms with Crippen LogP contribution >= 0.6 is 0 Å². The summed E-state index contributed by atoms with van der Waals surface area (Å²) in [6, 6.07) is 10.2. The fourth-order valence-electron chi connectivity index (χ4n) is 4.85. The number of aromatic amines is 1. The van der Waals surface area contributed by atoms with E-state index in [-0.39, 0.29) is 11.6 Å². The summed E-state index contributed by atoms with van der Waals surface area (Å²) in [5.74, 6) is 1.17. The molecule has 0 bridgehead atoms. The van der Waals surface area contributed by atoms with Crippen LogP contribution in [0.25, 0.3) is 55.2 Å². The van der Waals surface area contributed by atoms with Crippen molar-refractivity contribution in [2.75, 3.05) is 7.11 Å². The molecule has 0 amide bonds. The molecule has 8 nitrogen and oxygen atoms in total. The average Bonchev–Trinajstić information content (AvgIpc) is 3.39. The van der Waals surface area contributed by atoms with Crippen LogP contribution in [-0.2, 0) is 5.60 Å². The van der Waals surface area contributed by atoms with Gasteiger partial charge in [0.1, 0.15) is 28.6 Å². The normalized spacial score (nSPS) is 12.2. The van der Waals surface area contributed by atoms with Crippen LogP contribution in [0.5, 0.6) is 5.75 Å². The van der Waals surface area contributed by atoms with Gasteiger partial charge in [-0.05, 0) is 64.1 Å². The van der Waals surface area contributed by atoms with E-state index in [2.05, 4.69) is 20.1 Å². The number of halogens is 1. The summed E-state index contributed by atoms with van der Waals surface area (Å²) < 4.78 is 25.5. The molecule has 0 radical (unpaired) electrons. The largest absolute Gasteiger partial charge is 0.496 e. The van der Waals surface area contributed by atoms with Gasteiger partial charge in [-0.1, -0.05) is 5.16 Å². The smallest absolute Gasteiger partial charge is 0.162 e. The Morgan fingerprint density at radius 1 is 1.03 bits per heavy atom. The van der Waals surface area contributed by atoms with Gasteiger partial charge < -0.3 is 19.4 Å². The van der Waals surface area contributed by atoms with Crippen molar-refractivity contribution in [1.82, 2.24) is 25.1 Å². The van der Waals surface area contributed by atoms with E-state index in [4.69, 9.17) is 14.2 Å². The monoisotopic (exact) mass is 497 g/mol. The zero-order valence-electron chi connectivity index (χ0n) is 21.0. The van der Waals surface area contributed by atoms with Crippen molar-refractivity contribution in [2.45, 2.75) is 33.3 Å². The molecule has 0 aliphatic heterocycles. The van der Waals surface area contributed by atoms with Crippen LogP contribution < -0.4 is 4.74 Å². The molecule has 37 heavy (non-hydrogen) atoms. The van der Waals surface area contributed by atoms with Gasteiger partial charge in [-0.15, -0.1) is 0 Å². The molecule has 0 spiro atoms. The Balaban J connectivity index is 1.75. The minimum absolute atomic E-state index is 0.237. The Bertz CT molecular complexity index is 1830. The highest BCUT2D eigenvalue weighted by Gasteiger charge is 2.26. The van der Waals surface area contributed by atoms with E-state index >= 15 is 0 Å². The third-order valence-electron chi connectivity index (χ3n) is 6.58. The number of rotatable bonds is 4. The van der Waals surface area contributed by atoms with Crippen molar-refractivity contribution in [3.63, 3.8) is 0 Å². The standard InChI is InChI=1S/C28H24FN5O3/c1-13-23(14(2)37-34-13)19-11-21-18(12-22(19)36-5)24-25(32-27(28(3,4)35)33-26(24)31-21)16-8-9-30-20-7-6-15(29)10-17(16)20/h6-12,35H,1-5H3,(H,31,32,33). The third kappa shape index (κ3) is 3.62. The number of pyridine rings is 1. The predicted molar refractivity (Wildman–Crippen MR) is 139 cm³/mol. The third-order valence-corrected chi connectivity index (χ3v) is 6.58. The molecule has 186 valence electrons. The molecule has 0 unspecified atom stereocenters. The zero-order valence-corrected chi connectivity index (χ0v) is 21.0. The Hall–Kier alpha value is -4.37. The molecule has 4 aromatic heterocycles. The van der Waals surface area contributed by atoms with E-state index in [1.807, 2.05) is 26.0 Å². The molecule has 0 fully saturated rings. The molecule has 4 heterocycles. The summed E-state index contributed by atoms with van der Waals surface area (Å²) in [7, 11) is 1.61. The first-order valence-electron chi connectivity index (χ1n) is 11.8. The van der Waals surface area contributed by atoms with E-state index in [1.54, 1.807) is 39.3 Å². The van der Waals surface area contributed by atoms with Crippen LogP contribution in [0, 0.1) is 19.7 Å². The van der Waals surface area contributed by atoms with Gasteiger partial charge in [-0.3, -0.25) is 4.98 Å². The zero-order chi connectivity index (χ0) is 26.1. The highest BCUT2D eigenvalue weighted by atomic mass is 19.1. The molecule has 6 aromatic rings. The number of aryl methyl sites for hydroxylation is 2. The second-order valence-electron chi connectivity index (χ2n) is 9.62. The van der Waals surface area contributed by atoms with Crippen LogP contribution in [0.4, 0.5) is 4.39 Å². The maximum absolute atomic E-state index is 14.3. The topological polar surface area (TPSA) is 110 Å². The number of hydrogen-bond donors (Lipinski definition) is 2. The number of methoxy groups -OCH3 is 1. The van der Waals surface area contributed by atoms with Gasteiger partial charge in [0.2, 0.25) is 0 Å². The predicted octanol–water partition coefficient (Wildman–Crippen LogP) is 5.97. The second kappa shape index (κ2) is 8.07. The quantitative estimate of drug-likeness (QED) is 0.309. The lowest BCUT2D eigenvalue weighted by molar-refractivity contribution is 0.0692. The van der Waals surface area contributed by atoms with E-state index in [0.29, 0.717) is 39.3 Å². The summed E-state index contributed by atoms with van der Waals surface area (Å²) >= 11 is 0. The van der Waals surface area contributed by atoms with E-state index in [9.17, 15) is 9.50 Å². The number of ether oxygens (including phenoxy) is 1. The van der Waals surface area contributed by atoms with Crippen molar-refractivity contribution in [3.8, 4) is 28.1 Å². The van der Waals surface area contributed by atoms with Crippen LogP contribution in [0.3, 0.4) is 0 Å². The number of benzene rings is 2. The molecule has 9 heteroatoms. The van der Waals surface area contributed by atoms with Crippen molar-refractivity contribution in [3.05, 3.63) is 65.7 Å². The maximum Gasteiger partial charge on any atom is 0.162 e. The van der Waals surface area contributed by atoms with Crippen molar-refractivity contribution < 1.29 is 18.8 Å². The van der Waals surface area contributed by atoms with Gasteiger partial charge in [0.15, 0.2) is 5.82 Å². The fraction of sp³-hybridized carbons (Fsp3) is 0.214. The molecule has 0 saturated carbocycles. The van der Waals surface area contributed by atoms with Crippen LogP contribution in [0.15, 0.2) is 47.1 Å². The van der Waals surface area contributed by atoms with Crippen molar-refractivity contribution in [2.24, 2.45) is 0 Å². The van der Waals surface area contributed by atoms with E-state index in [0.717, 1.165) is 33.1 Å². The molecule has 2 N–H and O–H groups in total. The Kier molecular flexibility index (Phi) is 5.03. The van der Waals surface area contributed by atoms with Crippen LogP contribution in [0.1, 0.15) is 31.1 Å². The lowest BCUT2D eigenvalue weighted by Crippen LogP contribution is -2.20. The van der Waals surface area contributed by atoms with E-state index < -0.39 is 5.60 Å².